The number of unbranched alkanes of at least 4 members (excludes halogenated alkanes) is 4. The molecule has 0 amide bonds. The minimum Gasteiger partial charge on any atom is -0.103 e. The van der Waals surface area contributed by atoms with Gasteiger partial charge in [0.1, 0.15) is 0 Å². The Labute approximate surface area is 105 Å². The SMILES string of the molecule is C=CCCCCCCC1C=Cc2ccccc21. The molecule has 1 aliphatic carbocycles. The van der Waals surface area contributed by atoms with Gasteiger partial charge < -0.3 is 0 Å². The number of hydrogen-bond acceptors (Lipinski definition) is 0. The van der Waals surface area contributed by atoms with E-state index < -0.39 is 0 Å². The highest BCUT2D eigenvalue weighted by Crippen LogP contribution is 2.33. The van der Waals surface area contributed by atoms with Crippen LogP contribution in [0.2, 0.25) is 0 Å². The molecule has 0 heterocycles. The average molecular weight is 226 g/mol. The molecule has 1 aromatic carbocycles. The van der Waals surface area contributed by atoms with Gasteiger partial charge in [0.15, 0.2) is 0 Å². The van der Waals surface area contributed by atoms with E-state index in [1.54, 1.807) is 0 Å². The topological polar surface area (TPSA) is 0 Å². The van der Waals surface area contributed by atoms with Gasteiger partial charge in [0, 0.05) is 5.92 Å². The van der Waals surface area contributed by atoms with Gasteiger partial charge in [-0.05, 0) is 30.4 Å². The van der Waals surface area contributed by atoms with Gasteiger partial charge in [-0.15, -0.1) is 6.58 Å². The third kappa shape index (κ3) is 3.33. The molecule has 2 rings (SSSR count). The van der Waals surface area contributed by atoms with E-state index in [1.807, 2.05) is 6.08 Å². The summed E-state index contributed by atoms with van der Waals surface area (Å²) in [5, 5.41) is 0. The fraction of sp³-hybridized carbons (Fsp3) is 0.412. The Kier molecular flexibility index (Phi) is 4.61. The van der Waals surface area contributed by atoms with Gasteiger partial charge in [0.25, 0.3) is 0 Å². The summed E-state index contributed by atoms with van der Waals surface area (Å²) in [7, 11) is 0. The first-order chi connectivity index (χ1) is 8.42. The Morgan fingerprint density at radius 1 is 1.06 bits per heavy atom. The fourth-order valence-electron chi connectivity index (χ4n) is 2.58. The molecule has 0 aromatic heterocycles. The minimum atomic E-state index is 0.672. The second-order valence-electron chi connectivity index (χ2n) is 4.87. The van der Waals surface area contributed by atoms with Gasteiger partial charge in [-0.1, -0.05) is 61.8 Å². The molecule has 1 aromatic rings. The molecule has 90 valence electrons. The molecule has 0 bridgehead atoms. The van der Waals surface area contributed by atoms with Crippen molar-refractivity contribution in [1.82, 2.24) is 0 Å². The Morgan fingerprint density at radius 3 is 2.76 bits per heavy atom. The van der Waals surface area contributed by atoms with Crippen LogP contribution in [0.5, 0.6) is 0 Å². The average Bonchev–Trinajstić information content (AvgIpc) is 2.77. The number of allylic oxidation sites excluding steroid dienone is 2. The lowest BCUT2D eigenvalue weighted by atomic mass is 9.95. The summed E-state index contributed by atoms with van der Waals surface area (Å²) in [5.41, 5.74) is 2.95. The lowest BCUT2D eigenvalue weighted by Crippen LogP contribution is -1.93. The summed E-state index contributed by atoms with van der Waals surface area (Å²) < 4.78 is 0. The Hall–Kier alpha value is -1.30. The van der Waals surface area contributed by atoms with Crippen molar-refractivity contribution in [3.05, 3.63) is 54.1 Å². The van der Waals surface area contributed by atoms with E-state index in [2.05, 4.69) is 43.0 Å². The van der Waals surface area contributed by atoms with Crippen molar-refractivity contribution in [2.75, 3.05) is 0 Å². The molecular weight excluding hydrogens is 204 g/mol. The standard InChI is InChI=1S/C17H22/c1-2-3-4-5-6-7-10-15-13-14-16-11-8-9-12-17(15)16/h2,8-9,11-15H,1,3-7,10H2. The van der Waals surface area contributed by atoms with E-state index in [-0.39, 0.29) is 0 Å². The molecule has 1 unspecified atom stereocenters. The van der Waals surface area contributed by atoms with E-state index in [1.165, 1.54) is 49.7 Å². The first-order valence-electron chi connectivity index (χ1n) is 6.80. The summed E-state index contributed by atoms with van der Waals surface area (Å²) in [6.07, 6.45) is 14.5. The normalized spacial score (nSPS) is 17.1. The first-order valence-corrected chi connectivity index (χ1v) is 6.80. The van der Waals surface area contributed by atoms with Gasteiger partial charge in [0.2, 0.25) is 0 Å². The Balaban J connectivity index is 1.71. The number of rotatable bonds is 7. The molecule has 0 spiro atoms. The maximum atomic E-state index is 3.76. The van der Waals surface area contributed by atoms with Crippen LogP contribution in [0.4, 0.5) is 0 Å². The van der Waals surface area contributed by atoms with Gasteiger partial charge in [0.05, 0.1) is 0 Å². The minimum absolute atomic E-state index is 0.672. The Morgan fingerprint density at radius 2 is 1.88 bits per heavy atom. The van der Waals surface area contributed by atoms with Gasteiger partial charge in [-0.3, -0.25) is 0 Å². The number of hydrogen-bond donors (Lipinski definition) is 0. The van der Waals surface area contributed by atoms with Crippen LogP contribution in [-0.2, 0) is 0 Å². The largest absolute Gasteiger partial charge is 0.103 e. The van der Waals surface area contributed by atoms with Crippen LogP contribution in [0.15, 0.2) is 43.0 Å². The van der Waals surface area contributed by atoms with Crippen LogP contribution < -0.4 is 0 Å². The van der Waals surface area contributed by atoms with E-state index in [9.17, 15) is 0 Å². The zero-order valence-corrected chi connectivity index (χ0v) is 10.6. The Bertz CT molecular complexity index is 387. The smallest absolute Gasteiger partial charge is 0.00272 e. The van der Waals surface area contributed by atoms with Gasteiger partial charge >= 0.3 is 0 Å². The highest BCUT2D eigenvalue weighted by molar-refractivity contribution is 5.62. The van der Waals surface area contributed by atoms with Gasteiger partial charge in [-0.25, -0.2) is 0 Å². The van der Waals surface area contributed by atoms with Crippen molar-refractivity contribution < 1.29 is 0 Å². The van der Waals surface area contributed by atoms with Crippen molar-refractivity contribution >= 4 is 6.08 Å². The third-order valence-electron chi connectivity index (χ3n) is 3.58. The zero-order valence-electron chi connectivity index (χ0n) is 10.6. The summed E-state index contributed by atoms with van der Waals surface area (Å²) in [6, 6.07) is 8.78. The molecule has 0 heteroatoms. The van der Waals surface area contributed by atoms with Crippen LogP contribution >= 0.6 is 0 Å². The molecule has 1 aliphatic rings. The molecular formula is C17H22. The van der Waals surface area contributed by atoms with E-state index in [4.69, 9.17) is 0 Å². The van der Waals surface area contributed by atoms with Crippen LogP contribution in [0.3, 0.4) is 0 Å². The van der Waals surface area contributed by atoms with E-state index in [0.29, 0.717) is 5.92 Å². The highest BCUT2D eigenvalue weighted by atomic mass is 14.2. The molecule has 0 aliphatic heterocycles. The summed E-state index contributed by atoms with van der Waals surface area (Å²) >= 11 is 0. The van der Waals surface area contributed by atoms with Crippen LogP contribution in [0, 0.1) is 0 Å². The number of benzene rings is 1. The summed E-state index contributed by atoms with van der Waals surface area (Å²) in [5.74, 6) is 0.672. The van der Waals surface area contributed by atoms with E-state index in [0.717, 1.165) is 0 Å². The van der Waals surface area contributed by atoms with Crippen molar-refractivity contribution in [3.63, 3.8) is 0 Å². The van der Waals surface area contributed by atoms with Crippen LogP contribution in [0.1, 0.15) is 55.6 Å². The van der Waals surface area contributed by atoms with Crippen molar-refractivity contribution in [2.24, 2.45) is 0 Å². The maximum absolute atomic E-state index is 3.76. The molecule has 17 heavy (non-hydrogen) atoms. The molecule has 0 N–H and O–H groups in total. The monoisotopic (exact) mass is 226 g/mol. The van der Waals surface area contributed by atoms with Gasteiger partial charge in [-0.2, -0.15) is 0 Å². The third-order valence-corrected chi connectivity index (χ3v) is 3.58. The predicted molar refractivity (Wildman–Crippen MR) is 76.1 cm³/mol. The molecule has 0 nitrogen and oxygen atoms in total. The number of fused-ring (bicyclic) bond motifs is 1. The first kappa shape index (κ1) is 12.2. The molecule has 1 atom stereocenters. The molecule has 0 saturated heterocycles. The highest BCUT2D eigenvalue weighted by Gasteiger charge is 2.15. The van der Waals surface area contributed by atoms with Crippen LogP contribution in [-0.4, -0.2) is 0 Å². The lowest BCUT2D eigenvalue weighted by molar-refractivity contribution is 0.596. The van der Waals surface area contributed by atoms with E-state index >= 15 is 0 Å². The van der Waals surface area contributed by atoms with Crippen LogP contribution in [0.25, 0.3) is 6.08 Å². The maximum Gasteiger partial charge on any atom is 0.00272 e. The molecule has 0 saturated carbocycles. The lowest BCUT2D eigenvalue weighted by Gasteiger charge is -2.10. The zero-order chi connectivity index (χ0) is 11.9. The van der Waals surface area contributed by atoms with Crippen molar-refractivity contribution in [3.8, 4) is 0 Å². The second-order valence-corrected chi connectivity index (χ2v) is 4.87. The van der Waals surface area contributed by atoms with Crippen molar-refractivity contribution in [2.45, 2.75) is 44.4 Å². The molecule has 0 radical (unpaired) electrons. The second kappa shape index (κ2) is 6.44. The summed E-state index contributed by atoms with van der Waals surface area (Å²) in [4.78, 5) is 0. The molecule has 0 fully saturated rings. The quantitative estimate of drug-likeness (QED) is 0.436. The summed E-state index contributed by atoms with van der Waals surface area (Å²) in [6.45, 7) is 3.76. The fourth-order valence-corrected chi connectivity index (χ4v) is 2.58. The predicted octanol–water partition coefficient (Wildman–Crippen LogP) is 5.32. The van der Waals surface area contributed by atoms with Crippen molar-refractivity contribution in [1.29, 1.82) is 0 Å².